The van der Waals surface area contributed by atoms with Crippen LogP contribution in [0, 0.1) is 5.92 Å². The van der Waals surface area contributed by atoms with Crippen molar-refractivity contribution in [3.63, 3.8) is 0 Å². The van der Waals surface area contributed by atoms with Crippen molar-refractivity contribution in [2.24, 2.45) is 5.92 Å². The highest BCUT2D eigenvalue weighted by atomic mass is 16.3. The summed E-state index contributed by atoms with van der Waals surface area (Å²) in [6.07, 6.45) is 8.82. The summed E-state index contributed by atoms with van der Waals surface area (Å²) in [7, 11) is 0. The second-order valence-corrected chi connectivity index (χ2v) is 6.16. The molecule has 1 saturated carbocycles. The molecule has 0 atom stereocenters. The number of aryl methyl sites for hydroxylation is 1. The highest BCUT2D eigenvalue weighted by Crippen LogP contribution is 2.35. The second-order valence-electron chi connectivity index (χ2n) is 6.16. The van der Waals surface area contributed by atoms with Crippen LogP contribution in [0.4, 0.5) is 0 Å². The Kier molecular flexibility index (Phi) is 4.68. The SMILES string of the molecule is CC(C)CCc1ccc(C2CCCCC2)cc1O. The summed E-state index contributed by atoms with van der Waals surface area (Å²) in [5.41, 5.74) is 2.46. The lowest BCUT2D eigenvalue weighted by Crippen LogP contribution is -2.04. The van der Waals surface area contributed by atoms with Crippen LogP contribution in [0.1, 0.15) is 69.4 Å². The minimum atomic E-state index is 0.513. The van der Waals surface area contributed by atoms with Crippen LogP contribution in [0.2, 0.25) is 0 Å². The van der Waals surface area contributed by atoms with Crippen molar-refractivity contribution >= 4 is 0 Å². The molecule has 1 aliphatic rings. The number of hydrogen-bond donors (Lipinski definition) is 1. The molecule has 100 valence electrons. The highest BCUT2D eigenvalue weighted by Gasteiger charge is 2.16. The van der Waals surface area contributed by atoms with Crippen LogP contribution in [0.5, 0.6) is 5.75 Å². The van der Waals surface area contributed by atoms with E-state index in [1.54, 1.807) is 0 Å². The summed E-state index contributed by atoms with van der Waals surface area (Å²) < 4.78 is 0. The molecule has 0 radical (unpaired) electrons. The normalized spacial score (nSPS) is 17.3. The van der Waals surface area contributed by atoms with E-state index in [2.05, 4.69) is 26.0 Å². The van der Waals surface area contributed by atoms with E-state index in [0.29, 0.717) is 17.6 Å². The van der Waals surface area contributed by atoms with Crippen molar-refractivity contribution in [2.45, 2.75) is 64.7 Å². The van der Waals surface area contributed by atoms with E-state index < -0.39 is 0 Å². The molecule has 0 aliphatic heterocycles. The molecule has 1 heteroatoms. The molecule has 1 aromatic carbocycles. The Balaban J connectivity index is 2.04. The second kappa shape index (κ2) is 6.26. The summed E-state index contributed by atoms with van der Waals surface area (Å²) in [6.45, 7) is 4.46. The topological polar surface area (TPSA) is 20.2 Å². The Bertz CT molecular complexity index is 375. The number of aromatic hydroxyl groups is 1. The van der Waals surface area contributed by atoms with Crippen molar-refractivity contribution in [3.05, 3.63) is 29.3 Å². The highest BCUT2D eigenvalue weighted by molar-refractivity contribution is 5.38. The molecule has 0 amide bonds. The van der Waals surface area contributed by atoms with E-state index in [9.17, 15) is 5.11 Å². The fraction of sp³-hybridized carbons (Fsp3) is 0.647. The smallest absolute Gasteiger partial charge is 0.119 e. The van der Waals surface area contributed by atoms with Gasteiger partial charge in [0.25, 0.3) is 0 Å². The lowest BCUT2D eigenvalue weighted by Gasteiger charge is -2.22. The molecule has 1 aromatic rings. The lowest BCUT2D eigenvalue weighted by atomic mass is 9.83. The first kappa shape index (κ1) is 13.5. The molecule has 0 saturated heterocycles. The molecule has 1 N–H and O–H groups in total. The molecule has 0 bridgehead atoms. The molecule has 0 spiro atoms. The largest absolute Gasteiger partial charge is 0.508 e. The van der Waals surface area contributed by atoms with Crippen LogP contribution in [0.25, 0.3) is 0 Å². The minimum Gasteiger partial charge on any atom is -0.508 e. The van der Waals surface area contributed by atoms with Crippen LogP contribution >= 0.6 is 0 Å². The molecular formula is C17H26O. The predicted octanol–water partition coefficient (Wildman–Crippen LogP) is 5.03. The summed E-state index contributed by atoms with van der Waals surface area (Å²) in [5, 5.41) is 10.1. The number of benzene rings is 1. The molecule has 1 aliphatic carbocycles. The Morgan fingerprint density at radius 1 is 1.17 bits per heavy atom. The molecule has 0 unspecified atom stereocenters. The van der Waals surface area contributed by atoms with Gasteiger partial charge in [-0.25, -0.2) is 0 Å². The van der Waals surface area contributed by atoms with Crippen molar-refractivity contribution in [1.82, 2.24) is 0 Å². The summed E-state index contributed by atoms with van der Waals surface area (Å²) >= 11 is 0. The van der Waals surface area contributed by atoms with Gasteiger partial charge in [0, 0.05) is 0 Å². The number of phenolic OH excluding ortho intramolecular Hbond substituents is 1. The van der Waals surface area contributed by atoms with Gasteiger partial charge < -0.3 is 5.11 Å². The van der Waals surface area contributed by atoms with Gasteiger partial charge in [-0.3, -0.25) is 0 Å². The van der Waals surface area contributed by atoms with Crippen molar-refractivity contribution < 1.29 is 5.11 Å². The van der Waals surface area contributed by atoms with Gasteiger partial charge in [0.15, 0.2) is 0 Å². The van der Waals surface area contributed by atoms with E-state index in [4.69, 9.17) is 0 Å². The van der Waals surface area contributed by atoms with E-state index in [0.717, 1.165) is 18.4 Å². The van der Waals surface area contributed by atoms with Crippen LogP contribution < -0.4 is 0 Å². The van der Waals surface area contributed by atoms with E-state index in [-0.39, 0.29) is 0 Å². The fourth-order valence-electron chi connectivity index (χ4n) is 2.93. The third-order valence-electron chi connectivity index (χ3n) is 4.18. The lowest BCUT2D eigenvalue weighted by molar-refractivity contribution is 0.436. The summed E-state index contributed by atoms with van der Waals surface area (Å²) in [6, 6.07) is 6.40. The maximum Gasteiger partial charge on any atom is 0.119 e. The van der Waals surface area contributed by atoms with Crippen molar-refractivity contribution in [2.75, 3.05) is 0 Å². The first-order chi connectivity index (χ1) is 8.66. The molecule has 1 fully saturated rings. The van der Waals surface area contributed by atoms with Crippen molar-refractivity contribution in [1.29, 1.82) is 0 Å². The third kappa shape index (κ3) is 3.51. The minimum absolute atomic E-state index is 0.513. The monoisotopic (exact) mass is 246 g/mol. The Hall–Kier alpha value is -0.980. The van der Waals surface area contributed by atoms with Gasteiger partial charge in [-0.05, 0) is 54.7 Å². The van der Waals surface area contributed by atoms with Gasteiger partial charge in [-0.15, -0.1) is 0 Å². The third-order valence-corrected chi connectivity index (χ3v) is 4.18. The van der Waals surface area contributed by atoms with Gasteiger partial charge in [0.1, 0.15) is 5.75 Å². The van der Waals surface area contributed by atoms with Crippen LogP contribution in [-0.2, 0) is 6.42 Å². The Morgan fingerprint density at radius 3 is 2.50 bits per heavy atom. The molecule has 18 heavy (non-hydrogen) atoms. The number of rotatable bonds is 4. The van der Waals surface area contributed by atoms with Gasteiger partial charge in [-0.1, -0.05) is 45.2 Å². The molecule has 0 aromatic heterocycles. The molecular weight excluding hydrogens is 220 g/mol. The average Bonchev–Trinajstić information content (AvgIpc) is 2.38. The summed E-state index contributed by atoms with van der Waals surface area (Å²) in [5.74, 6) is 1.89. The maximum absolute atomic E-state index is 10.1. The molecule has 1 nitrogen and oxygen atoms in total. The first-order valence-electron chi connectivity index (χ1n) is 7.48. The average molecular weight is 246 g/mol. The quantitative estimate of drug-likeness (QED) is 0.790. The number of phenols is 1. The van der Waals surface area contributed by atoms with Gasteiger partial charge in [0.2, 0.25) is 0 Å². The predicted molar refractivity (Wildman–Crippen MR) is 77.1 cm³/mol. The Morgan fingerprint density at radius 2 is 1.89 bits per heavy atom. The summed E-state index contributed by atoms with van der Waals surface area (Å²) in [4.78, 5) is 0. The molecule has 0 heterocycles. The van der Waals surface area contributed by atoms with Crippen LogP contribution in [-0.4, -0.2) is 5.11 Å². The standard InChI is InChI=1S/C17H26O/c1-13(2)8-9-15-10-11-16(12-17(15)18)14-6-4-3-5-7-14/h10-14,18H,3-9H2,1-2H3. The van der Waals surface area contributed by atoms with Crippen LogP contribution in [0.15, 0.2) is 18.2 Å². The fourth-order valence-corrected chi connectivity index (χ4v) is 2.93. The zero-order valence-electron chi connectivity index (χ0n) is 11.8. The first-order valence-corrected chi connectivity index (χ1v) is 7.48. The van der Waals surface area contributed by atoms with Gasteiger partial charge >= 0.3 is 0 Å². The maximum atomic E-state index is 10.1. The van der Waals surface area contributed by atoms with Gasteiger partial charge in [0.05, 0.1) is 0 Å². The number of hydrogen-bond acceptors (Lipinski definition) is 1. The van der Waals surface area contributed by atoms with Crippen molar-refractivity contribution in [3.8, 4) is 5.75 Å². The zero-order chi connectivity index (χ0) is 13.0. The van der Waals surface area contributed by atoms with E-state index in [1.165, 1.54) is 37.7 Å². The molecule has 2 rings (SSSR count). The van der Waals surface area contributed by atoms with E-state index >= 15 is 0 Å². The zero-order valence-corrected chi connectivity index (χ0v) is 11.8. The van der Waals surface area contributed by atoms with E-state index in [1.807, 2.05) is 6.07 Å². The van der Waals surface area contributed by atoms with Gasteiger partial charge in [-0.2, -0.15) is 0 Å². The Labute approximate surface area is 111 Å². The van der Waals surface area contributed by atoms with Crippen LogP contribution in [0.3, 0.4) is 0 Å².